The maximum Gasteiger partial charge on any atom is 0.133 e. The topological polar surface area (TPSA) is 41.5 Å². The van der Waals surface area contributed by atoms with E-state index in [2.05, 4.69) is 35.6 Å². The Bertz CT molecular complexity index is 903. The molecule has 0 amide bonds. The van der Waals surface area contributed by atoms with Crippen LogP contribution in [0.5, 0.6) is 5.75 Å². The van der Waals surface area contributed by atoms with E-state index in [1.54, 1.807) is 7.11 Å². The Morgan fingerprint density at radius 3 is 2.18 bits per heavy atom. The van der Waals surface area contributed by atoms with E-state index in [1.165, 1.54) is 6.42 Å². The third kappa shape index (κ3) is 3.68. The summed E-state index contributed by atoms with van der Waals surface area (Å²) >= 11 is 0. The Kier molecular flexibility index (Phi) is 5.75. The molecule has 0 radical (unpaired) electrons. The van der Waals surface area contributed by atoms with E-state index in [0.29, 0.717) is 0 Å². The first-order valence-corrected chi connectivity index (χ1v) is 10.0. The van der Waals surface area contributed by atoms with Crippen LogP contribution < -0.4 is 10.1 Å². The van der Waals surface area contributed by atoms with Crippen LogP contribution in [0.1, 0.15) is 30.9 Å². The van der Waals surface area contributed by atoms with Crippen molar-refractivity contribution in [2.75, 3.05) is 13.7 Å². The summed E-state index contributed by atoms with van der Waals surface area (Å²) in [5, 5.41) is 14.6. The summed E-state index contributed by atoms with van der Waals surface area (Å²) in [6, 6.07) is 24.8. The minimum atomic E-state index is -0.595. The van der Waals surface area contributed by atoms with E-state index in [1.807, 2.05) is 42.5 Å². The molecule has 1 saturated heterocycles. The molecule has 2 N–H and O–H groups in total. The number of aliphatic hydroxyl groups is 1. The van der Waals surface area contributed by atoms with E-state index < -0.39 is 6.10 Å². The van der Waals surface area contributed by atoms with Crippen LogP contribution >= 0.6 is 0 Å². The minimum absolute atomic E-state index is 0.0637. The summed E-state index contributed by atoms with van der Waals surface area (Å²) in [5.74, 6) is 0.757. The number of hydrogen-bond donors (Lipinski definition) is 2. The SMILES string of the molecule is COc1c(C(O)C2CCCCN2)ccc(-c2ccccc2)c1-c1ccccc1. The summed E-state index contributed by atoms with van der Waals surface area (Å²) in [6.45, 7) is 0.956. The average molecular weight is 373 g/mol. The molecule has 3 aromatic rings. The van der Waals surface area contributed by atoms with Crippen LogP contribution in [-0.4, -0.2) is 24.8 Å². The Morgan fingerprint density at radius 2 is 1.57 bits per heavy atom. The van der Waals surface area contributed by atoms with Crippen molar-refractivity contribution in [1.29, 1.82) is 0 Å². The van der Waals surface area contributed by atoms with Crippen LogP contribution in [0.25, 0.3) is 22.3 Å². The largest absolute Gasteiger partial charge is 0.496 e. The Balaban J connectivity index is 1.88. The zero-order chi connectivity index (χ0) is 19.3. The highest BCUT2D eigenvalue weighted by Crippen LogP contribution is 2.44. The first-order chi connectivity index (χ1) is 13.8. The summed E-state index contributed by atoms with van der Waals surface area (Å²) in [4.78, 5) is 0. The van der Waals surface area contributed by atoms with Crippen LogP contribution in [0.15, 0.2) is 72.8 Å². The molecule has 1 heterocycles. The van der Waals surface area contributed by atoms with Gasteiger partial charge < -0.3 is 15.2 Å². The van der Waals surface area contributed by atoms with Gasteiger partial charge in [0.25, 0.3) is 0 Å². The predicted octanol–water partition coefficient (Wildman–Crippen LogP) is 5.20. The second-order valence-electron chi connectivity index (χ2n) is 7.34. The molecule has 2 unspecified atom stereocenters. The average Bonchev–Trinajstić information content (AvgIpc) is 2.79. The monoisotopic (exact) mass is 373 g/mol. The van der Waals surface area contributed by atoms with Crippen molar-refractivity contribution in [3.8, 4) is 28.0 Å². The van der Waals surface area contributed by atoms with Gasteiger partial charge in [0.1, 0.15) is 5.75 Å². The lowest BCUT2D eigenvalue weighted by Gasteiger charge is -2.30. The van der Waals surface area contributed by atoms with E-state index in [4.69, 9.17) is 4.74 Å². The molecule has 2 atom stereocenters. The quantitative estimate of drug-likeness (QED) is 0.645. The number of rotatable bonds is 5. The van der Waals surface area contributed by atoms with Crippen molar-refractivity contribution in [3.05, 3.63) is 78.4 Å². The molecule has 4 rings (SSSR count). The van der Waals surface area contributed by atoms with Crippen LogP contribution in [0.2, 0.25) is 0 Å². The molecule has 3 heteroatoms. The van der Waals surface area contributed by atoms with Crippen molar-refractivity contribution in [2.24, 2.45) is 0 Å². The molecule has 0 aromatic heterocycles. The Hall–Kier alpha value is -2.62. The van der Waals surface area contributed by atoms with Crippen molar-refractivity contribution < 1.29 is 9.84 Å². The number of nitrogens with one attached hydrogen (secondary N) is 1. The first kappa shape index (κ1) is 18.7. The molecule has 28 heavy (non-hydrogen) atoms. The lowest BCUT2D eigenvalue weighted by molar-refractivity contribution is 0.111. The van der Waals surface area contributed by atoms with Gasteiger partial charge in [0.05, 0.1) is 13.2 Å². The van der Waals surface area contributed by atoms with E-state index >= 15 is 0 Å². The molecular weight excluding hydrogens is 346 g/mol. The van der Waals surface area contributed by atoms with E-state index in [9.17, 15) is 5.11 Å². The molecule has 0 bridgehead atoms. The highest BCUT2D eigenvalue weighted by atomic mass is 16.5. The van der Waals surface area contributed by atoms with Gasteiger partial charge in [-0.3, -0.25) is 0 Å². The predicted molar refractivity (Wildman–Crippen MR) is 114 cm³/mol. The molecule has 1 aliphatic heterocycles. The number of methoxy groups -OCH3 is 1. The van der Waals surface area contributed by atoms with Gasteiger partial charge in [-0.05, 0) is 36.1 Å². The third-order valence-corrected chi connectivity index (χ3v) is 5.59. The summed E-state index contributed by atoms with van der Waals surface area (Å²) in [6.07, 6.45) is 2.70. The van der Waals surface area contributed by atoms with Gasteiger partial charge in [-0.15, -0.1) is 0 Å². The van der Waals surface area contributed by atoms with E-state index in [0.717, 1.165) is 53.0 Å². The fourth-order valence-corrected chi connectivity index (χ4v) is 4.17. The van der Waals surface area contributed by atoms with Gasteiger partial charge in [0.2, 0.25) is 0 Å². The van der Waals surface area contributed by atoms with Gasteiger partial charge in [-0.2, -0.15) is 0 Å². The van der Waals surface area contributed by atoms with Gasteiger partial charge in [-0.25, -0.2) is 0 Å². The highest BCUT2D eigenvalue weighted by Gasteiger charge is 2.27. The normalized spacial score (nSPS) is 17.9. The summed E-state index contributed by atoms with van der Waals surface area (Å²) < 4.78 is 5.92. The van der Waals surface area contributed by atoms with Crippen molar-refractivity contribution in [1.82, 2.24) is 5.32 Å². The maximum atomic E-state index is 11.1. The molecule has 144 valence electrons. The van der Waals surface area contributed by atoms with Crippen LogP contribution in [0, 0.1) is 0 Å². The number of ether oxygens (including phenoxy) is 1. The lowest BCUT2D eigenvalue weighted by atomic mass is 9.87. The van der Waals surface area contributed by atoms with Crippen LogP contribution in [0.4, 0.5) is 0 Å². The lowest BCUT2D eigenvalue weighted by Crippen LogP contribution is -2.38. The van der Waals surface area contributed by atoms with Crippen molar-refractivity contribution >= 4 is 0 Å². The molecule has 3 aromatic carbocycles. The summed E-state index contributed by atoms with van der Waals surface area (Å²) in [5.41, 5.74) is 5.21. The minimum Gasteiger partial charge on any atom is -0.496 e. The summed E-state index contributed by atoms with van der Waals surface area (Å²) in [7, 11) is 1.70. The zero-order valence-electron chi connectivity index (χ0n) is 16.3. The molecular formula is C25H27NO2. The second kappa shape index (κ2) is 8.59. The van der Waals surface area contributed by atoms with Crippen molar-refractivity contribution in [3.63, 3.8) is 0 Å². The number of aliphatic hydroxyl groups excluding tert-OH is 1. The Labute approximate surface area is 167 Å². The van der Waals surface area contributed by atoms with Gasteiger partial charge in [-0.1, -0.05) is 79.2 Å². The first-order valence-electron chi connectivity index (χ1n) is 10.0. The third-order valence-electron chi connectivity index (χ3n) is 5.59. The van der Waals surface area contributed by atoms with Crippen LogP contribution in [0.3, 0.4) is 0 Å². The maximum absolute atomic E-state index is 11.1. The number of hydrogen-bond acceptors (Lipinski definition) is 3. The van der Waals surface area contributed by atoms with Gasteiger partial charge in [0.15, 0.2) is 0 Å². The fourth-order valence-electron chi connectivity index (χ4n) is 4.17. The number of benzene rings is 3. The van der Waals surface area contributed by atoms with Gasteiger partial charge in [0, 0.05) is 17.2 Å². The van der Waals surface area contributed by atoms with Gasteiger partial charge >= 0.3 is 0 Å². The molecule has 3 nitrogen and oxygen atoms in total. The molecule has 0 aliphatic carbocycles. The standard InChI is InChI=1S/C25H27NO2/c1-28-25-21(24(27)22-14-8-9-17-26-22)16-15-20(18-10-4-2-5-11-18)23(25)19-12-6-3-7-13-19/h2-7,10-13,15-16,22,24,26-27H,8-9,14,17H2,1H3. The van der Waals surface area contributed by atoms with Crippen LogP contribution in [-0.2, 0) is 0 Å². The fraction of sp³-hybridized carbons (Fsp3) is 0.280. The van der Waals surface area contributed by atoms with E-state index in [-0.39, 0.29) is 6.04 Å². The molecule has 0 saturated carbocycles. The second-order valence-corrected chi connectivity index (χ2v) is 7.34. The zero-order valence-corrected chi connectivity index (χ0v) is 16.3. The van der Waals surface area contributed by atoms with Crippen molar-refractivity contribution in [2.45, 2.75) is 31.4 Å². The Morgan fingerprint density at radius 1 is 0.893 bits per heavy atom. The smallest absolute Gasteiger partial charge is 0.133 e. The molecule has 1 fully saturated rings. The number of piperidine rings is 1. The molecule has 0 spiro atoms. The highest BCUT2D eigenvalue weighted by molar-refractivity contribution is 5.88. The molecule has 1 aliphatic rings.